The maximum absolute atomic E-state index is 5.17. The number of hydrogen-bond donors (Lipinski definition) is 0. The predicted molar refractivity (Wildman–Crippen MR) is 43.8 cm³/mol. The molecule has 1 aliphatic rings. The Bertz CT molecular complexity index is 64.6. The van der Waals surface area contributed by atoms with Crippen LogP contribution in [-0.2, 0) is 24.2 Å². The van der Waals surface area contributed by atoms with Crippen molar-refractivity contribution in [1.29, 1.82) is 0 Å². The van der Waals surface area contributed by atoms with Gasteiger partial charge in [0.15, 0.2) is 0 Å². The molecule has 0 radical (unpaired) electrons. The van der Waals surface area contributed by atoms with Gasteiger partial charge in [-0.05, 0) is 12.8 Å². The zero-order valence-electron chi connectivity index (χ0n) is 6.34. The Labute approximate surface area is 86.4 Å². The van der Waals surface area contributed by atoms with Crippen LogP contribution in [0.25, 0.3) is 0 Å². The van der Waals surface area contributed by atoms with E-state index in [-0.39, 0.29) is 36.5 Å². The third-order valence-corrected chi connectivity index (χ3v) is 1.75. The molecule has 0 aromatic rings. The SMILES string of the molecule is Br.[CH2-]CC1CCOCC1.[Zn]. The molecule has 0 aromatic carbocycles. The zero-order chi connectivity index (χ0) is 5.82. The fourth-order valence-electron chi connectivity index (χ4n) is 1.04. The largest absolute Gasteiger partial charge is 0.381 e. The molecule has 0 bridgehead atoms. The van der Waals surface area contributed by atoms with Crippen LogP contribution in [0, 0.1) is 12.8 Å². The Morgan fingerprint density at radius 3 is 2.10 bits per heavy atom. The molecule has 10 heavy (non-hydrogen) atoms. The topological polar surface area (TPSA) is 9.23 Å². The van der Waals surface area contributed by atoms with Gasteiger partial charge in [0.25, 0.3) is 0 Å². The van der Waals surface area contributed by atoms with Crippen molar-refractivity contribution in [2.45, 2.75) is 19.3 Å². The van der Waals surface area contributed by atoms with Gasteiger partial charge < -0.3 is 11.7 Å². The maximum atomic E-state index is 5.17. The van der Waals surface area contributed by atoms with Crippen molar-refractivity contribution in [1.82, 2.24) is 0 Å². The van der Waals surface area contributed by atoms with E-state index >= 15 is 0 Å². The normalized spacial score (nSPS) is 18.9. The third-order valence-electron chi connectivity index (χ3n) is 1.75. The third kappa shape index (κ3) is 4.81. The van der Waals surface area contributed by atoms with Crippen LogP contribution in [-0.4, -0.2) is 13.2 Å². The van der Waals surface area contributed by atoms with Gasteiger partial charge in [-0.3, -0.25) is 0 Å². The summed E-state index contributed by atoms with van der Waals surface area (Å²) in [6, 6.07) is 0. The molecule has 0 aromatic heterocycles. The molecule has 1 nitrogen and oxygen atoms in total. The molecule has 1 heterocycles. The molecule has 0 N–H and O–H groups in total. The molecule has 58 valence electrons. The van der Waals surface area contributed by atoms with Crippen molar-refractivity contribution >= 4 is 17.0 Å². The summed E-state index contributed by atoms with van der Waals surface area (Å²) >= 11 is 0. The first kappa shape index (κ1) is 13.6. The van der Waals surface area contributed by atoms with Gasteiger partial charge in [0.2, 0.25) is 0 Å². The summed E-state index contributed by atoms with van der Waals surface area (Å²) in [6.45, 7) is 5.77. The van der Waals surface area contributed by atoms with E-state index < -0.39 is 0 Å². The molecule has 0 aliphatic carbocycles. The Morgan fingerprint density at radius 2 is 1.80 bits per heavy atom. The Balaban J connectivity index is 0. The van der Waals surface area contributed by atoms with E-state index in [0.717, 1.165) is 25.6 Å². The molecule has 1 saturated heterocycles. The summed E-state index contributed by atoms with van der Waals surface area (Å²) in [6.07, 6.45) is 3.54. The summed E-state index contributed by atoms with van der Waals surface area (Å²) in [5, 5.41) is 0. The van der Waals surface area contributed by atoms with Crippen molar-refractivity contribution in [2.75, 3.05) is 13.2 Å². The summed E-state index contributed by atoms with van der Waals surface area (Å²) in [5.41, 5.74) is 0. The number of ether oxygens (including phenoxy) is 1. The van der Waals surface area contributed by atoms with E-state index in [1.807, 2.05) is 0 Å². The fraction of sp³-hybridized carbons (Fsp3) is 0.857. The summed E-state index contributed by atoms with van der Waals surface area (Å²) in [5.74, 6) is 0.851. The fourth-order valence-corrected chi connectivity index (χ4v) is 1.04. The van der Waals surface area contributed by atoms with Crippen molar-refractivity contribution in [2.24, 2.45) is 5.92 Å². The van der Waals surface area contributed by atoms with E-state index in [4.69, 9.17) is 4.74 Å². The molecule has 3 heteroatoms. The summed E-state index contributed by atoms with van der Waals surface area (Å²) in [7, 11) is 0. The van der Waals surface area contributed by atoms with Crippen LogP contribution in [0.2, 0.25) is 0 Å². The van der Waals surface area contributed by atoms with Crippen molar-refractivity contribution in [3.63, 3.8) is 0 Å². The quantitative estimate of drug-likeness (QED) is 0.518. The van der Waals surface area contributed by atoms with E-state index in [0.29, 0.717) is 0 Å². The van der Waals surface area contributed by atoms with Crippen LogP contribution in [0.5, 0.6) is 0 Å². The Kier molecular flexibility index (Phi) is 11.1. The molecule has 1 rings (SSSR count). The first-order valence-electron chi connectivity index (χ1n) is 3.30. The minimum Gasteiger partial charge on any atom is -0.381 e. The Hall–Kier alpha value is 1.06. The van der Waals surface area contributed by atoms with E-state index in [1.165, 1.54) is 12.8 Å². The summed E-state index contributed by atoms with van der Waals surface area (Å²) in [4.78, 5) is 0. The number of rotatable bonds is 1. The standard InChI is InChI=1S/C7H13O.BrH.Zn/c1-2-7-3-5-8-6-4-7;;/h7H,1-6H2;1H;/q-1;;. The van der Waals surface area contributed by atoms with Crippen LogP contribution >= 0.6 is 17.0 Å². The molecule has 0 spiro atoms. The second-order valence-corrected chi connectivity index (χ2v) is 2.34. The molecule has 0 unspecified atom stereocenters. The van der Waals surface area contributed by atoms with Gasteiger partial charge in [-0.1, -0.05) is 5.92 Å². The van der Waals surface area contributed by atoms with E-state index in [2.05, 4.69) is 6.92 Å². The number of halogens is 1. The minimum atomic E-state index is 0. The van der Waals surface area contributed by atoms with Gasteiger partial charge in [0, 0.05) is 32.7 Å². The molecule has 0 amide bonds. The second-order valence-electron chi connectivity index (χ2n) is 2.34. The van der Waals surface area contributed by atoms with Gasteiger partial charge in [-0.15, -0.1) is 17.0 Å². The maximum Gasteiger partial charge on any atom is 0.0467 e. The van der Waals surface area contributed by atoms with Gasteiger partial charge in [-0.2, -0.15) is 6.42 Å². The van der Waals surface area contributed by atoms with Crippen molar-refractivity contribution in [3.05, 3.63) is 6.92 Å². The number of hydrogen-bond acceptors (Lipinski definition) is 1. The minimum absolute atomic E-state index is 0. The molecular formula is C7H14BrOZn-. The van der Waals surface area contributed by atoms with Gasteiger partial charge >= 0.3 is 0 Å². The molecular weight excluding hydrogens is 245 g/mol. The average Bonchev–Trinajstić information content (AvgIpc) is 1.90. The van der Waals surface area contributed by atoms with Crippen LogP contribution < -0.4 is 0 Å². The van der Waals surface area contributed by atoms with Crippen LogP contribution in [0.15, 0.2) is 0 Å². The average molecular weight is 259 g/mol. The van der Waals surface area contributed by atoms with Gasteiger partial charge in [0.1, 0.15) is 0 Å². The Morgan fingerprint density at radius 1 is 1.30 bits per heavy atom. The van der Waals surface area contributed by atoms with Crippen LogP contribution in [0.1, 0.15) is 19.3 Å². The smallest absolute Gasteiger partial charge is 0.0467 e. The summed E-state index contributed by atoms with van der Waals surface area (Å²) < 4.78 is 5.17. The van der Waals surface area contributed by atoms with E-state index in [9.17, 15) is 0 Å². The predicted octanol–water partition coefficient (Wildman–Crippen LogP) is 2.21. The molecule has 0 saturated carbocycles. The molecule has 1 fully saturated rings. The monoisotopic (exact) mass is 257 g/mol. The van der Waals surface area contributed by atoms with E-state index in [1.54, 1.807) is 0 Å². The van der Waals surface area contributed by atoms with Crippen LogP contribution in [0.4, 0.5) is 0 Å². The van der Waals surface area contributed by atoms with Gasteiger partial charge in [-0.25, -0.2) is 0 Å². The van der Waals surface area contributed by atoms with Crippen molar-refractivity contribution < 1.29 is 24.2 Å². The molecule has 1 aliphatic heterocycles. The van der Waals surface area contributed by atoms with Crippen LogP contribution in [0.3, 0.4) is 0 Å². The van der Waals surface area contributed by atoms with Crippen molar-refractivity contribution in [3.8, 4) is 0 Å². The molecule has 0 atom stereocenters. The first-order valence-corrected chi connectivity index (χ1v) is 3.30. The first-order chi connectivity index (χ1) is 3.93. The second kappa shape index (κ2) is 8.16. The van der Waals surface area contributed by atoms with Gasteiger partial charge in [0.05, 0.1) is 0 Å². The zero-order valence-corrected chi connectivity index (χ0v) is 11.0.